The van der Waals surface area contributed by atoms with Crippen LogP contribution < -0.4 is 5.43 Å². The van der Waals surface area contributed by atoms with Gasteiger partial charge in [0, 0.05) is 21.8 Å². The van der Waals surface area contributed by atoms with E-state index in [-0.39, 0.29) is 11.3 Å². The van der Waals surface area contributed by atoms with Gasteiger partial charge in [-0.3, -0.25) is 4.79 Å². The highest BCUT2D eigenvalue weighted by Crippen LogP contribution is 2.23. The monoisotopic (exact) mass is 460 g/mol. The van der Waals surface area contributed by atoms with Crippen molar-refractivity contribution in [2.75, 3.05) is 0 Å². The van der Waals surface area contributed by atoms with Gasteiger partial charge in [-0.15, -0.1) is 0 Å². The van der Waals surface area contributed by atoms with Crippen molar-refractivity contribution in [3.63, 3.8) is 0 Å². The average molecular weight is 461 g/mol. The first-order valence-corrected chi connectivity index (χ1v) is 9.93. The maximum absolute atomic E-state index is 12.3. The fourth-order valence-corrected chi connectivity index (χ4v) is 3.18. The van der Waals surface area contributed by atoms with Crippen LogP contribution in [-0.4, -0.2) is 27.0 Å². The number of halogens is 1. The van der Waals surface area contributed by atoms with E-state index in [1.807, 2.05) is 60.8 Å². The second kappa shape index (κ2) is 8.75. The normalized spacial score (nSPS) is 11.0. The van der Waals surface area contributed by atoms with Crippen LogP contribution in [0.5, 0.6) is 5.75 Å². The molecule has 1 aromatic heterocycles. The number of phenolic OH excluding ortho intramolecular Hbond substituents is 1. The number of benzene rings is 3. The zero-order chi connectivity index (χ0) is 20.9. The Morgan fingerprint density at radius 3 is 2.43 bits per heavy atom. The largest absolute Gasteiger partial charge is 0.507 e. The number of hydrazone groups is 1. The summed E-state index contributed by atoms with van der Waals surface area (Å²) in [5.74, 6) is -0.593. The van der Waals surface area contributed by atoms with Gasteiger partial charge in [0.1, 0.15) is 11.4 Å². The van der Waals surface area contributed by atoms with Crippen molar-refractivity contribution in [2.24, 2.45) is 5.10 Å². The molecule has 3 aromatic carbocycles. The standard InChI is InChI=1S/C23H17BrN4O2/c24-18-10-12-19(13-11-18)28-15-17(22(27-28)16-6-2-1-3-7-16)14-25-26-23(30)20-8-4-5-9-21(20)29/h1-15,29H,(H,26,30)/b25-14+. The fourth-order valence-electron chi connectivity index (χ4n) is 2.91. The summed E-state index contributed by atoms with van der Waals surface area (Å²) in [5, 5.41) is 18.6. The predicted octanol–water partition coefficient (Wildman–Crippen LogP) is 4.77. The Labute approximate surface area is 181 Å². The Kier molecular flexibility index (Phi) is 5.72. The highest BCUT2D eigenvalue weighted by atomic mass is 79.9. The molecule has 0 radical (unpaired) electrons. The third-order valence-electron chi connectivity index (χ3n) is 4.40. The molecule has 0 saturated heterocycles. The molecule has 0 spiro atoms. The smallest absolute Gasteiger partial charge is 0.275 e. The van der Waals surface area contributed by atoms with E-state index in [1.165, 1.54) is 12.1 Å². The van der Waals surface area contributed by atoms with Crippen molar-refractivity contribution in [1.29, 1.82) is 0 Å². The van der Waals surface area contributed by atoms with Gasteiger partial charge in [-0.25, -0.2) is 10.1 Å². The predicted molar refractivity (Wildman–Crippen MR) is 120 cm³/mol. The Hall–Kier alpha value is -3.71. The van der Waals surface area contributed by atoms with Crippen LogP contribution in [0, 0.1) is 0 Å². The number of carbonyl (C=O) groups excluding carboxylic acids is 1. The Balaban J connectivity index is 1.64. The molecule has 1 heterocycles. The lowest BCUT2D eigenvalue weighted by atomic mass is 10.1. The van der Waals surface area contributed by atoms with E-state index in [4.69, 9.17) is 5.10 Å². The molecular weight excluding hydrogens is 444 g/mol. The lowest BCUT2D eigenvalue weighted by Crippen LogP contribution is -2.17. The van der Waals surface area contributed by atoms with Gasteiger partial charge in [-0.2, -0.15) is 10.2 Å². The Morgan fingerprint density at radius 2 is 1.70 bits per heavy atom. The summed E-state index contributed by atoms with van der Waals surface area (Å²) < 4.78 is 2.75. The number of para-hydroxylation sites is 1. The average Bonchev–Trinajstić information content (AvgIpc) is 3.19. The summed E-state index contributed by atoms with van der Waals surface area (Å²) in [5.41, 5.74) is 5.91. The number of hydrogen-bond donors (Lipinski definition) is 2. The SMILES string of the molecule is O=C(N/N=C/c1cn(-c2ccc(Br)cc2)nc1-c1ccccc1)c1ccccc1O. The summed E-state index contributed by atoms with van der Waals surface area (Å²) in [7, 11) is 0. The molecule has 0 saturated carbocycles. The molecule has 0 fully saturated rings. The lowest BCUT2D eigenvalue weighted by Gasteiger charge is -2.02. The van der Waals surface area contributed by atoms with Gasteiger partial charge < -0.3 is 5.11 Å². The van der Waals surface area contributed by atoms with E-state index in [0.29, 0.717) is 0 Å². The van der Waals surface area contributed by atoms with Crippen molar-refractivity contribution in [1.82, 2.24) is 15.2 Å². The summed E-state index contributed by atoms with van der Waals surface area (Å²) >= 11 is 3.44. The Morgan fingerprint density at radius 1 is 1.00 bits per heavy atom. The molecule has 30 heavy (non-hydrogen) atoms. The molecule has 7 heteroatoms. The van der Waals surface area contributed by atoms with Crippen LogP contribution in [0.2, 0.25) is 0 Å². The first kappa shape index (κ1) is 19.6. The Bertz CT molecular complexity index is 1200. The minimum Gasteiger partial charge on any atom is -0.507 e. The number of aromatic hydroxyl groups is 1. The zero-order valence-corrected chi connectivity index (χ0v) is 17.3. The number of hydrogen-bond acceptors (Lipinski definition) is 4. The molecule has 0 bridgehead atoms. The molecular formula is C23H17BrN4O2. The molecule has 2 N–H and O–H groups in total. The van der Waals surface area contributed by atoms with Crippen molar-refractivity contribution < 1.29 is 9.90 Å². The van der Waals surface area contributed by atoms with Crippen molar-refractivity contribution >= 4 is 28.1 Å². The molecule has 0 aliphatic heterocycles. The lowest BCUT2D eigenvalue weighted by molar-refractivity contribution is 0.0952. The van der Waals surface area contributed by atoms with E-state index < -0.39 is 5.91 Å². The summed E-state index contributed by atoms with van der Waals surface area (Å²) in [4.78, 5) is 12.3. The second-order valence-corrected chi connectivity index (χ2v) is 7.35. The molecule has 0 atom stereocenters. The first-order chi connectivity index (χ1) is 14.6. The van der Waals surface area contributed by atoms with Crippen molar-refractivity contribution in [3.05, 3.63) is 101 Å². The topological polar surface area (TPSA) is 79.5 Å². The minimum absolute atomic E-state index is 0.0989. The van der Waals surface area contributed by atoms with E-state index >= 15 is 0 Å². The van der Waals surface area contributed by atoms with Crippen LogP contribution in [0.1, 0.15) is 15.9 Å². The summed E-state index contributed by atoms with van der Waals surface area (Å²) in [6.45, 7) is 0. The number of aromatic nitrogens is 2. The molecule has 1 amide bonds. The van der Waals surface area contributed by atoms with Crippen LogP contribution in [0.4, 0.5) is 0 Å². The first-order valence-electron chi connectivity index (χ1n) is 9.14. The highest BCUT2D eigenvalue weighted by molar-refractivity contribution is 9.10. The molecule has 4 rings (SSSR count). The van der Waals surface area contributed by atoms with E-state index in [2.05, 4.69) is 26.5 Å². The van der Waals surface area contributed by atoms with E-state index in [1.54, 1.807) is 23.0 Å². The summed E-state index contributed by atoms with van der Waals surface area (Å²) in [6, 6.07) is 23.8. The van der Waals surface area contributed by atoms with Gasteiger partial charge in [-0.05, 0) is 36.4 Å². The molecule has 4 aromatic rings. The maximum atomic E-state index is 12.3. The van der Waals surface area contributed by atoms with Gasteiger partial charge in [0.2, 0.25) is 0 Å². The van der Waals surface area contributed by atoms with Gasteiger partial charge in [0.15, 0.2) is 0 Å². The van der Waals surface area contributed by atoms with Crippen molar-refractivity contribution in [2.45, 2.75) is 0 Å². The number of phenols is 1. The third kappa shape index (κ3) is 4.31. The fraction of sp³-hybridized carbons (Fsp3) is 0. The second-order valence-electron chi connectivity index (χ2n) is 6.44. The minimum atomic E-state index is -0.495. The van der Waals surface area contributed by atoms with E-state index in [9.17, 15) is 9.90 Å². The van der Waals surface area contributed by atoms with Crippen LogP contribution >= 0.6 is 15.9 Å². The quantitative estimate of drug-likeness (QED) is 0.332. The van der Waals surface area contributed by atoms with Crippen LogP contribution in [0.25, 0.3) is 16.9 Å². The van der Waals surface area contributed by atoms with E-state index in [0.717, 1.165) is 27.0 Å². The molecule has 0 unspecified atom stereocenters. The van der Waals surface area contributed by atoms with Gasteiger partial charge in [0.05, 0.1) is 17.5 Å². The zero-order valence-electron chi connectivity index (χ0n) is 15.7. The van der Waals surface area contributed by atoms with Crippen LogP contribution in [0.3, 0.4) is 0 Å². The third-order valence-corrected chi connectivity index (χ3v) is 4.93. The van der Waals surface area contributed by atoms with Crippen molar-refractivity contribution in [3.8, 4) is 22.7 Å². The van der Waals surface area contributed by atoms with Crippen LogP contribution in [-0.2, 0) is 0 Å². The summed E-state index contributed by atoms with van der Waals surface area (Å²) in [6.07, 6.45) is 3.39. The number of amides is 1. The van der Waals surface area contributed by atoms with Gasteiger partial charge in [-0.1, -0.05) is 58.4 Å². The molecule has 0 aliphatic rings. The number of nitrogens with one attached hydrogen (secondary N) is 1. The molecule has 148 valence electrons. The highest BCUT2D eigenvalue weighted by Gasteiger charge is 2.12. The number of rotatable bonds is 5. The van der Waals surface area contributed by atoms with Gasteiger partial charge >= 0.3 is 0 Å². The van der Waals surface area contributed by atoms with Gasteiger partial charge in [0.25, 0.3) is 5.91 Å². The molecule has 6 nitrogen and oxygen atoms in total. The maximum Gasteiger partial charge on any atom is 0.275 e. The van der Waals surface area contributed by atoms with Crippen LogP contribution in [0.15, 0.2) is 94.6 Å². The molecule has 0 aliphatic carbocycles. The number of nitrogens with zero attached hydrogens (tertiary/aromatic N) is 3. The number of carbonyl (C=O) groups is 1.